The van der Waals surface area contributed by atoms with Crippen LogP contribution in [0, 0.1) is 0 Å². The van der Waals surface area contributed by atoms with Gasteiger partial charge in [0.25, 0.3) is 0 Å². The van der Waals surface area contributed by atoms with Crippen LogP contribution in [-0.4, -0.2) is 42.8 Å². The molecule has 20 heavy (non-hydrogen) atoms. The van der Waals surface area contributed by atoms with Crippen LogP contribution in [0.2, 0.25) is 0 Å². The van der Waals surface area contributed by atoms with E-state index in [0.717, 1.165) is 24.5 Å². The summed E-state index contributed by atoms with van der Waals surface area (Å²) in [4.78, 5) is 25.8. The second-order valence-corrected chi connectivity index (χ2v) is 6.62. The number of nitrogens with zero attached hydrogens (tertiary/aromatic N) is 1. The van der Waals surface area contributed by atoms with Crippen LogP contribution in [-0.2, 0) is 24.3 Å². The van der Waals surface area contributed by atoms with Crippen molar-refractivity contribution in [2.45, 2.75) is 12.2 Å². The maximum atomic E-state index is 11.8. The molecule has 110 valence electrons. The molecule has 0 aliphatic heterocycles. The van der Waals surface area contributed by atoms with E-state index < -0.39 is 27.2 Å². The fraction of sp³-hybridized carbons (Fsp3) is 0.300. The highest BCUT2D eigenvalue weighted by molar-refractivity contribution is 7.94. The first-order chi connectivity index (χ1) is 9.26. The minimum absolute atomic E-state index is 0.0331. The van der Waals surface area contributed by atoms with Crippen molar-refractivity contribution < 1.29 is 27.9 Å². The number of nitrogens with one attached hydrogen (secondary N) is 1. The molecule has 0 amide bonds. The van der Waals surface area contributed by atoms with E-state index in [1.54, 1.807) is 0 Å². The van der Waals surface area contributed by atoms with E-state index in [2.05, 4.69) is 14.4 Å². The molecule has 0 saturated carbocycles. The Bertz CT molecular complexity index is 634. The third-order valence-corrected chi connectivity index (χ3v) is 4.75. The van der Waals surface area contributed by atoms with Crippen LogP contribution in [0.3, 0.4) is 0 Å². The largest absolute Gasteiger partial charge is 0.478 e. The lowest BCUT2D eigenvalue weighted by Crippen LogP contribution is -2.33. The molecule has 1 atom stereocenters. The van der Waals surface area contributed by atoms with E-state index in [1.165, 1.54) is 19.2 Å². The standard InChI is InChI=1S/C10H12N2O6S2/c1-6(9(15)18-2)20(16,17)12-10-11-5-7(19-10)3-4-8(13)14/h3-6H,1-2H3,(H,11,12)(H,13,14). The number of carboxylic acids is 1. The second-order valence-electron chi connectivity index (χ2n) is 3.55. The fourth-order valence-electron chi connectivity index (χ4n) is 1.07. The maximum Gasteiger partial charge on any atom is 0.328 e. The van der Waals surface area contributed by atoms with Gasteiger partial charge in [0, 0.05) is 17.2 Å². The number of hydrogen-bond donors (Lipinski definition) is 2. The molecule has 0 aliphatic carbocycles. The number of thiazole rings is 1. The van der Waals surface area contributed by atoms with Crippen LogP contribution in [0.25, 0.3) is 6.08 Å². The lowest BCUT2D eigenvalue weighted by atomic mass is 10.4. The SMILES string of the molecule is COC(=O)C(C)S(=O)(=O)Nc1ncc(C=CC(=O)O)s1. The van der Waals surface area contributed by atoms with Crippen LogP contribution in [0.15, 0.2) is 12.3 Å². The molecule has 10 heteroatoms. The topological polar surface area (TPSA) is 123 Å². The number of ether oxygens (including phenoxy) is 1. The molecule has 0 fully saturated rings. The summed E-state index contributed by atoms with van der Waals surface area (Å²) in [5.74, 6) is -2.01. The Labute approximate surface area is 119 Å². The fourth-order valence-corrected chi connectivity index (χ4v) is 2.97. The number of hydrogen-bond acceptors (Lipinski definition) is 7. The smallest absolute Gasteiger partial charge is 0.328 e. The van der Waals surface area contributed by atoms with E-state index in [0.29, 0.717) is 4.88 Å². The Kier molecular flexibility index (Phi) is 5.22. The number of methoxy groups -OCH3 is 1. The summed E-state index contributed by atoms with van der Waals surface area (Å²) in [6.07, 6.45) is 3.50. The van der Waals surface area contributed by atoms with Gasteiger partial charge in [-0.25, -0.2) is 18.2 Å². The molecule has 1 aromatic rings. The van der Waals surface area contributed by atoms with Crippen LogP contribution >= 0.6 is 11.3 Å². The highest BCUT2D eigenvalue weighted by Crippen LogP contribution is 2.21. The Morgan fingerprint density at radius 1 is 1.55 bits per heavy atom. The van der Waals surface area contributed by atoms with Crippen molar-refractivity contribution >= 4 is 44.5 Å². The number of carbonyl (C=O) groups excluding carboxylic acids is 1. The summed E-state index contributed by atoms with van der Waals surface area (Å²) in [6, 6.07) is 0. The molecular weight excluding hydrogens is 308 g/mol. The molecule has 1 aromatic heterocycles. The van der Waals surface area contributed by atoms with Gasteiger partial charge in [0.1, 0.15) is 0 Å². The first kappa shape index (κ1) is 16.1. The zero-order chi connectivity index (χ0) is 15.3. The lowest BCUT2D eigenvalue weighted by molar-refractivity contribution is -0.139. The van der Waals surface area contributed by atoms with Crippen molar-refractivity contribution in [3.63, 3.8) is 0 Å². The van der Waals surface area contributed by atoms with Gasteiger partial charge in [0.2, 0.25) is 10.0 Å². The Hall–Kier alpha value is -1.94. The molecular formula is C10H12N2O6S2. The van der Waals surface area contributed by atoms with E-state index in [1.807, 2.05) is 0 Å². The van der Waals surface area contributed by atoms with Gasteiger partial charge in [0.05, 0.1) is 7.11 Å². The normalized spacial score (nSPS) is 13.1. The first-order valence-corrected chi connectivity index (χ1v) is 7.59. The monoisotopic (exact) mass is 320 g/mol. The Morgan fingerprint density at radius 2 is 2.20 bits per heavy atom. The molecule has 0 spiro atoms. The van der Waals surface area contributed by atoms with Gasteiger partial charge >= 0.3 is 11.9 Å². The third kappa shape index (κ3) is 4.31. The average molecular weight is 320 g/mol. The molecule has 0 saturated heterocycles. The summed E-state index contributed by atoms with van der Waals surface area (Å²) in [7, 11) is -2.87. The molecule has 8 nitrogen and oxygen atoms in total. The summed E-state index contributed by atoms with van der Waals surface area (Å²) in [5.41, 5.74) is 0. The van der Waals surface area contributed by atoms with Crippen molar-refractivity contribution in [3.8, 4) is 0 Å². The van der Waals surface area contributed by atoms with Crippen LogP contribution in [0.5, 0.6) is 0 Å². The van der Waals surface area contributed by atoms with Crippen LogP contribution < -0.4 is 4.72 Å². The summed E-state index contributed by atoms with van der Waals surface area (Å²) in [5, 5.41) is 7.12. The van der Waals surface area contributed by atoms with Gasteiger partial charge in [-0.05, 0) is 13.0 Å². The van der Waals surface area contributed by atoms with Gasteiger partial charge in [-0.3, -0.25) is 9.52 Å². The van der Waals surface area contributed by atoms with Gasteiger partial charge < -0.3 is 9.84 Å². The number of aliphatic carboxylic acids is 1. The second kappa shape index (κ2) is 6.48. The number of carboxylic acid groups (broad SMARTS) is 1. The predicted octanol–water partition coefficient (Wildman–Crippen LogP) is 0.544. The Morgan fingerprint density at radius 3 is 2.75 bits per heavy atom. The molecule has 0 bridgehead atoms. The average Bonchev–Trinajstić information content (AvgIpc) is 2.81. The van der Waals surface area contributed by atoms with E-state index in [4.69, 9.17) is 5.11 Å². The summed E-state index contributed by atoms with van der Waals surface area (Å²) in [6.45, 7) is 1.19. The van der Waals surface area contributed by atoms with Crippen molar-refractivity contribution in [3.05, 3.63) is 17.2 Å². The molecule has 1 rings (SSSR count). The zero-order valence-electron chi connectivity index (χ0n) is 10.6. The first-order valence-electron chi connectivity index (χ1n) is 5.22. The lowest BCUT2D eigenvalue weighted by Gasteiger charge is -2.10. The molecule has 0 aliphatic rings. The van der Waals surface area contributed by atoms with Crippen LogP contribution in [0.1, 0.15) is 11.8 Å². The van der Waals surface area contributed by atoms with Crippen LogP contribution in [0.4, 0.5) is 5.13 Å². The molecule has 0 radical (unpaired) electrons. The third-order valence-electron chi connectivity index (χ3n) is 2.14. The van der Waals surface area contributed by atoms with Gasteiger partial charge in [-0.2, -0.15) is 0 Å². The maximum absolute atomic E-state index is 11.8. The zero-order valence-corrected chi connectivity index (χ0v) is 12.2. The molecule has 1 unspecified atom stereocenters. The highest BCUT2D eigenvalue weighted by atomic mass is 32.2. The van der Waals surface area contributed by atoms with Gasteiger partial charge in [-0.15, -0.1) is 0 Å². The van der Waals surface area contributed by atoms with E-state index >= 15 is 0 Å². The van der Waals surface area contributed by atoms with E-state index in [-0.39, 0.29) is 5.13 Å². The number of esters is 1. The molecule has 0 aromatic carbocycles. The number of rotatable bonds is 6. The minimum atomic E-state index is -3.96. The minimum Gasteiger partial charge on any atom is -0.478 e. The summed E-state index contributed by atoms with van der Waals surface area (Å²) >= 11 is 0.935. The number of anilines is 1. The number of sulfonamides is 1. The van der Waals surface area contributed by atoms with Crippen molar-refractivity contribution in [1.82, 2.24) is 4.98 Å². The number of carbonyl (C=O) groups is 2. The van der Waals surface area contributed by atoms with E-state index in [9.17, 15) is 18.0 Å². The van der Waals surface area contributed by atoms with Crippen molar-refractivity contribution in [1.29, 1.82) is 0 Å². The molecule has 1 heterocycles. The van der Waals surface area contributed by atoms with Crippen molar-refractivity contribution in [2.24, 2.45) is 0 Å². The van der Waals surface area contributed by atoms with Crippen molar-refractivity contribution in [2.75, 3.05) is 11.8 Å². The molecule has 2 N–H and O–H groups in total. The predicted molar refractivity (Wildman–Crippen MR) is 72.8 cm³/mol. The Balaban J connectivity index is 2.83. The number of aromatic nitrogens is 1. The van der Waals surface area contributed by atoms with Gasteiger partial charge in [-0.1, -0.05) is 11.3 Å². The highest BCUT2D eigenvalue weighted by Gasteiger charge is 2.29. The summed E-state index contributed by atoms with van der Waals surface area (Å²) < 4.78 is 30.1. The quantitative estimate of drug-likeness (QED) is 0.579. The van der Waals surface area contributed by atoms with Gasteiger partial charge in [0.15, 0.2) is 10.4 Å².